The van der Waals surface area contributed by atoms with Crippen molar-refractivity contribution in [3.8, 4) is 17.2 Å². The second-order valence-electron chi connectivity index (χ2n) is 11.0. The largest absolute Gasteiger partial charge is 0.456 e. The molecule has 0 heterocycles. The number of hydrogen-bond acceptors (Lipinski definition) is 4. The van der Waals surface area contributed by atoms with Gasteiger partial charge in [0.25, 0.3) is 0 Å². The summed E-state index contributed by atoms with van der Waals surface area (Å²) in [5.74, 6) is -2.77. The second-order valence-corrected chi connectivity index (χ2v) is 11.0. The van der Waals surface area contributed by atoms with Crippen LogP contribution in [0.2, 0.25) is 0 Å². The van der Waals surface area contributed by atoms with E-state index in [1.807, 2.05) is 19.1 Å². The van der Waals surface area contributed by atoms with Gasteiger partial charge in [0.15, 0.2) is 17.8 Å². The highest BCUT2D eigenvalue weighted by Gasteiger charge is 2.45. The fourth-order valence-corrected chi connectivity index (χ4v) is 5.85. The van der Waals surface area contributed by atoms with Crippen molar-refractivity contribution in [1.82, 2.24) is 0 Å². The number of benzene rings is 2. The Morgan fingerprint density at radius 3 is 2.00 bits per heavy atom. The predicted molar refractivity (Wildman–Crippen MR) is 146 cm³/mol. The molecule has 2 aliphatic carbocycles. The van der Waals surface area contributed by atoms with Crippen LogP contribution in [0.25, 0.3) is 0 Å². The fraction of sp³-hybridized carbons (Fsp3) is 0.500. The molecule has 0 radical (unpaired) electrons. The Labute approximate surface area is 246 Å². The van der Waals surface area contributed by atoms with E-state index in [1.165, 1.54) is 0 Å². The van der Waals surface area contributed by atoms with Crippen LogP contribution < -0.4 is 14.2 Å². The average molecular weight is 617 g/mol. The zero-order chi connectivity index (χ0) is 31.0. The van der Waals surface area contributed by atoms with Gasteiger partial charge in [-0.15, -0.1) is 0 Å². The molecule has 0 aromatic heterocycles. The average Bonchev–Trinajstić information content (AvgIpc) is 2.97. The van der Waals surface area contributed by atoms with Crippen molar-refractivity contribution < 1.29 is 49.7 Å². The Hall–Kier alpha value is -3.21. The molecule has 2 aliphatic rings. The summed E-state index contributed by atoms with van der Waals surface area (Å²) in [4.78, 5) is 0. The molecule has 2 aromatic rings. The van der Waals surface area contributed by atoms with Crippen LogP contribution in [0.5, 0.6) is 17.2 Å². The summed E-state index contributed by atoms with van der Waals surface area (Å²) >= 11 is 0. The van der Waals surface area contributed by atoms with Gasteiger partial charge in [0, 0.05) is 6.07 Å². The lowest BCUT2D eigenvalue weighted by Gasteiger charge is -2.39. The second kappa shape index (κ2) is 14.5. The summed E-state index contributed by atoms with van der Waals surface area (Å²) in [6.07, 6.45) is 0.641. The van der Waals surface area contributed by atoms with Crippen molar-refractivity contribution in [1.29, 1.82) is 0 Å². The highest BCUT2D eigenvalue weighted by Crippen LogP contribution is 2.45. The van der Waals surface area contributed by atoms with Crippen LogP contribution in [0.15, 0.2) is 67.0 Å². The maximum atomic E-state index is 15.0. The van der Waals surface area contributed by atoms with Gasteiger partial charge in [-0.3, -0.25) is 0 Å². The SMILES string of the molecule is C/C=C/COC1CCC(C2CCC(C(F)(F)Oc3ccc(C(F)(F)Oc4ccc(OC=C(F)F)c(F)c4)cc3)CC2)CC1. The Kier molecular flexibility index (Phi) is 11.0. The van der Waals surface area contributed by atoms with E-state index in [2.05, 4.69) is 9.47 Å². The quantitative estimate of drug-likeness (QED) is 0.135. The van der Waals surface area contributed by atoms with Gasteiger partial charge in [0.1, 0.15) is 11.5 Å². The number of halogens is 7. The molecule has 0 atom stereocenters. The summed E-state index contributed by atoms with van der Waals surface area (Å²) in [5.41, 5.74) is -0.686. The van der Waals surface area contributed by atoms with Crippen LogP contribution in [0.1, 0.15) is 63.9 Å². The monoisotopic (exact) mass is 616 g/mol. The van der Waals surface area contributed by atoms with Gasteiger partial charge in [-0.1, -0.05) is 12.2 Å². The molecule has 0 unspecified atom stereocenters. The lowest BCUT2D eigenvalue weighted by molar-refractivity contribution is -0.224. The summed E-state index contributed by atoms with van der Waals surface area (Å²) in [6, 6.07) is 6.06. The first kappa shape index (κ1) is 32.7. The molecule has 2 aromatic carbocycles. The third-order valence-electron chi connectivity index (χ3n) is 8.17. The van der Waals surface area contributed by atoms with Crippen molar-refractivity contribution in [2.24, 2.45) is 17.8 Å². The summed E-state index contributed by atoms with van der Waals surface area (Å²) in [6.45, 7) is 2.57. The van der Waals surface area contributed by atoms with E-state index in [4.69, 9.17) is 9.47 Å². The molecule has 2 fully saturated rings. The molecule has 0 aliphatic heterocycles. The zero-order valence-electron chi connectivity index (χ0n) is 23.7. The molecule has 43 heavy (non-hydrogen) atoms. The van der Waals surface area contributed by atoms with Gasteiger partial charge in [0.2, 0.25) is 0 Å². The molecule has 0 bridgehead atoms. The predicted octanol–water partition coefficient (Wildman–Crippen LogP) is 10.0. The molecule has 0 N–H and O–H groups in total. The zero-order valence-corrected chi connectivity index (χ0v) is 23.7. The van der Waals surface area contributed by atoms with E-state index in [-0.39, 0.29) is 18.1 Å². The van der Waals surface area contributed by atoms with Crippen LogP contribution in [0.4, 0.5) is 30.7 Å². The smallest absolute Gasteiger partial charge is 0.426 e. The lowest BCUT2D eigenvalue weighted by atomic mass is 9.70. The summed E-state index contributed by atoms with van der Waals surface area (Å²) in [5, 5.41) is 0. The van der Waals surface area contributed by atoms with Gasteiger partial charge >= 0.3 is 18.3 Å². The van der Waals surface area contributed by atoms with Gasteiger partial charge in [0.05, 0.1) is 24.2 Å². The van der Waals surface area contributed by atoms with Crippen molar-refractivity contribution in [2.45, 2.75) is 76.6 Å². The lowest BCUT2D eigenvalue weighted by Crippen LogP contribution is -2.38. The van der Waals surface area contributed by atoms with E-state index in [0.717, 1.165) is 62.1 Å². The van der Waals surface area contributed by atoms with E-state index in [1.54, 1.807) is 0 Å². The van der Waals surface area contributed by atoms with Crippen LogP contribution in [-0.2, 0) is 10.8 Å². The molecule has 0 saturated heterocycles. The van der Waals surface area contributed by atoms with Gasteiger partial charge in [-0.2, -0.15) is 26.3 Å². The first-order valence-electron chi connectivity index (χ1n) is 14.4. The first-order valence-corrected chi connectivity index (χ1v) is 14.4. The number of allylic oxidation sites excluding steroid dienone is 1. The molecule has 4 rings (SSSR count). The standard InChI is InChI=1S/C32H35F7O4/c1-2-3-18-40-25-12-6-22(7-13-25)21-4-8-23(9-5-21)31(36,37)42-26-14-10-24(11-15-26)32(38,39)43-27-16-17-29(28(33)19-27)41-20-30(34)35/h2-3,10-11,14-17,19-23,25H,4-9,12-13,18H2,1H3/b3-2+. The van der Waals surface area contributed by atoms with Crippen molar-refractivity contribution in [3.63, 3.8) is 0 Å². The van der Waals surface area contributed by atoms with Crippen LogP contribution in [0, 0.1) is 23.6 Å². The third-order valence-corrected chi connectivity index (χ3v) is 8.17. The first-order chi connectivity index (χ1) is 20.5. The Morgan fingerprint density at radius 2 is 1.42 bits per heavy atom. The van der Waals surface area contributed by atoms with Crippen molar-refractivity contribution >= 4 is 0 Å². The highest BCUT2D eigenvalue weighted by atomic mass is 19.3. The van der Waals surface area contributed by atoms with Crippen LogP contribution in [-0.4, -0.2) is 18.8 Å². The molecule has 11 heteroatoms. The maximum absolute atomic E-state index is 15.0. The van der Waals surface area contributed by atoms with E-state index >= 15 is 8.78 Å². The molecule has 0 amide bonds. The molecule has 0 spiro atoms. The van der Waals surface area contributed by atoms with Gasteiger partial charge in [-0.05, 0) is 107 Å². The Morgan fingerprint density at radius 1 is 0.814 bits per heavy atom. The normalized spacial score (nSPS) is 23.2. The maximum Gasteiger partial charge on any atom is 0.426 e. The Bertz CT molecular complexity index is 1230. The number of ether oxygens (including phenoxy) is 4. The molecule has 2 saturated carbocycles. The fourth-order valence-electron chi connectivity index (χ4n) is 5.85. The molecule has 236 valence electrons. The molecular weight excluding hydrogens is 581 g/mol. The van der Waals surface area contributed by atoms with E-state index in [0.29, 0.717) is 50.2 Å². The minimum absolute atomic E-state index is 0.00155. The topological polar surface area (TPSA) is 36.9 Å². The van der Waals surface area contributed by atoms with E-state index in [9.17, 15) is 22.0 Å². The summed E-state index contributed by atoms with van der Waals surface area (Å²) < 4.78 is 118. The van der Waals surface area contributed by atoms with Crippen molar-refractivity contribution in [2.75, 3.05) is 6.61 Å². The minimum Gasteiger partial charge on any atom is -0.456 e. The highest BCUT2D eigenvalue weighted by molar-refractivity contribution is 5.35. The minimum atomic E-state index is -3.96. The molecular formula is C32H35F7O4. The van der Waals surface area contributed by atoms with Crippen LogP contribution in [0.3, 0.4) is 0 Å². The van der Waals surface area contributed by atoms with E-state index < -0.39 is 47.1 Å². The molecule has 4 nitrogen and oxygen atoms in total. The number of hydrogen-bond donors (Lipinski definition) is 0. The Balaban J connectivity index is 1.27. The number of alkyl halides is 4. The van der Waals surface area contributed by atoms with Crippen LogP contribution >= 0.6 is 0 Å². The summed E-state index contributed by atoms with van der Waals surface area (Å²) in [7, 11) is 0. The van der Waals surface area contributed by atoms with Gasteiger partial charge < -0.3 is 18.9 Å². The van der Waals surface area contributed by atoms with Crippen molar-refractivity contribution in [3.05, 3.63) is 78.3 Å². The van der Waals surface area contributed by atoms with Gasteiger partial charge in [-0.25, -0.2) is 4.39 Å². The number of rotatable bonds is 12. The third kappa shape index (κ3) is 9.14.